The minimum Gasteiger partial charge on any atom is -0.486 e. The summed E-state index contributed by atoms with van der Waals surface area (Å²) in [5.74, 6) is -0.383. The standard InChI is InChI=1S/C22H18N4O3/c23-21(27)15-8-10-16(11-9-15)25-22(28)18-5-1-2-6-19(18)29-14-17-13-26-12-4-3-7-20(26)24-17/h1-13H,14H2,(H2,23,27)(H,25,28). The first-order valence-electron chi connectivity index (χ1n) is 8.96. The van der Waals surface area contributed by atoms with E-state index in [1.807, 2.05) is 35.0 Å². The Morgan fingerprint density at radius 3 is 2.52 bits per heavy atom. The number of nitrogens with two attached hydrogens (primary N) is 1. The zero-order valence-corrected chi connectivity index (χ0v) is 15.4. The number of pyridine rings is 1. The van der Waals surface area contributed by atoms with Gasteiger partial charge >= 0.3 is 0 Å². The summed E-state index contributed by atoms with van der Waals surface area (Å²) in [7, 11) is 0. The number of amides is 2. The number of para-hydroxylation sites is 1. The molecule has 0 radical (unpaired) electrons. The third kappa shape index (κ3) is 4.08. The molecule has 3 N–H and O–H groups in total. The number of imidazole rings is 1. The van der Waals surface area contributed by atoms with Crippen molar-refractivity contribution in [3.05, 3.63) is 95.9 Å². The number of anilines is 1. The lowest BCUT2D eigenvalue weighted by atomic mass is 10.1. The number of hydrogen-bond donors (Lipinski definition) is 2. The number of aromatic nitrogens is 2. The number of ether oxygens (including phenoxy) is 1. The van der Waals surface area contributed by atoms with Gasteiger partial charge in [-0.15, -0.1) is 0 Å². The van der Waals surface area contributed by atoms with E-state index in [0.717, 1.165) is 11.3 Å². The third-order valence-electron chi connectivity index (χ3n) is 4.35. The molecule has 0 saturated carbocycles. The number of hydrogen-bond acceptors (Lipinski definition) is 4. The van der Waals surface area contributed by atoms with Crippen molar-refractivity contribution in [2.24, 2.45) is 5.73 Å². The van der Waals surface area contributed by atoms with Crippen LogP contribution in [0.25, 0.3) is 5.65 Å². The minimum absolute atomic E-state index is 0.235. The first-order chi connectivity index (χ1) is 14.1. The molecule has 4 aromatic rings. The van der Waals surface area contributed by atoms with E-state index in [1.54, 1.807) is 48.5 Å². The molecule has 0 aliphatic rings. The first kappa shape index (κ1) is 18.2. The Balaban J connectivity index is 1.48. The summed E-state index contributed by atoms with van der Waals surface area (Å²) in [6, 6.07) is 19.1. The second kappa shape index (κ2) is 7.85. The van der Waals surface area contributed by atoms with Gasteiger partial charge in [0.05, 0.1) is 11.3 Å². The Hall–Kier alpha value is -4.13. The van der Waals surface area contributed by atoms with Crippen LogP contribution in [-0.4, -0.2) is 21.2 Å². The van der Waals surface area contributed by atoms with E-state index in [4.69, 9.17) is 10.5 Å². The van der Waals surface area contributed by atoms with Crippen LogP contribution < -0.4 is 15.8 Å². The number of nitrogens with zero attached hydrogens (tertiary/aromatic N) is 2. The van der Waals surface area contributed by atoms with Crippen molar-refractivity contribution in [3.8, 4) is 5.75 Å². The molecule has 0 atom stereocenters. The predicted octanol–water partition coefficient (Wildman–Crippen LogP) is 3.26. The van der Waals surface area contributed by atoms with Gasteiger partial charge in [-0.05, 0) is 48.5 Å². The van der Waals surface area contributed by atoms with Crippen LogP contribution in [0.3, 0.4) is 0 Å². The molecule has 2 aromatic heterocycles. The molecule has 7 heteroatoms. The van der Waals surface area contributed by atoms with Crippen molar-refractivity contribution in [1.82, 2.24) is 9.38 Å². The molecule has 2 heterocycles. The molecular formula is C22H18N4O3. The summed E-state index contributed by atoms with van der Waals surface area (Å²) < 4.78 is 7.77. The number of primary amides is 1. The third-order valence-corrected chi connectivity index (χ3v) is 4.35. The van der Waals surface area contributed by atoms with Crippen LogP contribution in [0.5, 0.6) is 5.75 Å². The van der Waals surface area contributed by atoms with E-state index in [2.05, 4.69) is 10.3 Å². The van der Waals surface area contributed by atoms with Gasteiger partial charge in [-0.1, -0.05) is 18.2 Å². The van der Waals surface area contributed by atoms with Gasteiger partial charge < -0.3 is 20.2 Å². The van der Waals surface area contributed by atoms with Gasteiger partial charge in [0.2, 0.25) is 5.91 Å². The molecule has 4 rings (SSSR count). The molecule has 2 amide bonds. The van der Waals surface area contributed by atoms with Crippen molar-refractivity contribution < 1.29 is 14.3 Å². The molecule has 144 valence electrons. The highest BCUT2D eigenvalue weighted by atomic mass is 16.5. The maximum Gasteiger partial charge on any atom is 0.259 e. The van der Waals surface area contributed by atoms with Crippen LogP contribution >= 0.6 is 0 Å². The van der Waals surface area contributed by atoms with Gasteiger partial charge in [0.1, 0.15) is 18.0 Å². The van der Waals surface area contributed by atoms with Crippen molar-refractivity contribution in [2.75, 3.05) is 5.32 Å². The van der Waals surface area contributed by atoms with Crippen LogP contribution in [0.2, 0.25) is 0 Å². The maximum atomic E-state index is 12.7. The lowest BCUT2D eigenvalue weighted by molar-refractivity contribution is 0.0997. The lowest BCUT2D eigenvalue weighted by Gasteiger charge is -2.11. The maximum absolute atomic E-state index is 12.7. The van der Waals surface area contributed by atoms with Crippen LogP contribution in [0.1, 0.15) is 26.4 Å². The highest BCUT2D eigenvalue weighted by Crippen LogP contribution is 2.21. The van der Waals surface area contributed by atoms with E-state index >= 15 is 0 Å². The molecule has 7 nitrogen and oxygen atoms in total. The highest BCUT2D eigenvalue weighted by molar-refractivity contribution is 6.06. The molecule has 0 fully saturated rings. The van der Waals surface area contributed by atoms with Crippen LogP contribution in [0.15, 0.2) is 79.1 Å². The quantitative estimate of drug-likeness (QED) is 0.531. The van der Waals surface area contributed by atoms with Crippen molar-refractivity contribution in [3.63, 3.8) is 0 Å². The molecule has 0 aliphatic carbocycles. The van der Waals surface area contributed by atoms with Gasteiger partial charge in [0.25, 0.3) is 5.91 Å². The Morgan fingerprint density at radius 1 is 1.00 bits per heavy atom. The zero-order valence-electron chi connectivity index (χ0n) is 15.4. The number of fused-ring (bicyclic) bond motifs is 1. The summed E-state index contributed by atoms with van der Waals surface area (Å²) in [5, 5.41) is 2.79. The molecule has 2 aromatic carbocycles. The number of nitrogens with one attached hydrogen (secondary N) is 1. The number of benzene rings is 2. The molecule has 0 aliphatic heterocycles. The summed E-state index contributed by atoms with van der Waals surface area (Å²) in [4.78, 5) is 28.4. The smallest absolute Gasteiger partial charge is 0.259 e. The van der Waals surface area contributed by atoms with Gasteiger partial charge in [0.15, 0.2) is 0 Å². The molecule has 0 spiro atoms. The minimum atomic E-state index is -0.520. The van der Waals surface area contributed by atoms with Gasteiger partial charge in [-0.3, -0.25) is 9.59 Å². The molecule has 0 bridgehead atoms. The highest BCUT2D eigenvalue weighted by Gasteiger charge is 2.13. The fourth-order valence-corrected chi connectivity index (χ4v) is 2.90. The monoisotopic (exact) mass is 386 g/mol. The summed E-state index contributed by atoms with van der Waals surface area (Å²) >= 11 is 0. The van der Waals surface area contributed by atoms with E-state index in [1.165, 1.54) is 0 Å². The Kier molecular flexibility index (Phi) is 4.94. The average Bonchev–Trinajstić information content (AvgIpc) is 3.16. The lowest BCUT2D eigenvalue weighted by Crippen LogP contribution is -2.14. The van der Waals surface area contributed by atoms with E-state index in [-0.39, 0.29) is 12.5 Å². The predicted molar refractivity (Wildman–Crippen MR) is 109 cm³/mol. The number of carbonyl (C=O) groups excluding carboxylic acids is 2. The van der Waals surface area contributed by atoms with Crippen molar-refractivity contribution >= 4 is 23.1 Å². The summed E-state index contributed by atoms with van der Waals surface area (Å²) in [5.41, 5.74) is 8.14. The van der Waals surface area contributed by atoms with E-state index in [0.29, 0.717) is 22.6 Å². The number of carbonyl (C=O) groups is 2. The average molecular weight is 386 g/mol. The fraction of sp³-hybridized carbons (Fsp3) is 0.0455. The van der Waals surface area contributed by atoms with Gasteiger partial charge in [-0.2, -0.15) is 0 Å². The SMILES string of the molecule is NC(=O)c1ccc(NC(=O)c2ccccc2OCc2cn3ccccc3n2)cc1. The van der Waals surface area contributed by atoms with Crippen LogP contribution in [-0.2, 0) is 6.61 Å². The van der Waals surface area contributed by atoms with Crippen molar-refractivity contribution in [2.45, 2.75) is 6.61 Å². The van der Waals surface area contributed by atoms with Crippen LogP contribution in [0, 0.1) is 0 Å². The summed E-state index contributed by atoms with van der Waals surface area (Å²) in [6.07, 6.45) is 3.80. The number of rotatable bonds is 6. The first-order valence-corrected chi connectivity index (χ1v) is 8.96. The summed E-state index contributed by atoms with van der Waals surface area (Å²) in [6.45, 7) is 0.235. The van der Waals surface area contributed by atoms with Gasteiger partial charge in [0, 0.05) is 23.6 Å². The normalized spacial score (nSPS) is 10.6. The zero-order chi connectivity index (χ0) is 20.2. The molecule has 0 unspecified atom stereocenters. The fourth-order valence-electron chi connectivity index (χ4n) is 2.90. The Labute approximate surface area is 166 Å². The molecular weight excluding hydrogens is 368 g/mol. The topological polar surface area (TPSA) is 98.7 Å². The largest absolute Gasteiger partial charge is 0.486 e. The second-order valence-corrected chi connectivity index (χ2v) is 6.38. The molecule has 0 saturated heterocycles. The van der Waals surface area contributed by atoms with Crippen molar-refractivity contribution in [1.29, 1.82) is 0 Å². The van der Waals surface area contributed by atoms with Crippen LogP contribution in [0.4, 0.5) is 5.69 Å². The van der Waals surface area contributed by atoms with E-state index in [9.17, 15) is 9.59 Å². The Bertz CT molecular complexity index is 1150. The second-order valence-electron chi connectivity index (χ2n) is 6.38. The van der Waals surface area contributed by atoms with Gasteiger partial charge in [-0.25, -0.2) is 4.98 Å². The molecule has 29 heavy (non-hydrogen) atoms. The van der Waals surface area contributed by atoms with E-state index < -0.39 is 5.91 Å². The Morgan fingerprint density at radius 2 is 1.76 bits per heavy atom.